The molecule has 0 saturated carbocycles. The molecule has 0 saturated heterocycles. The summed E-state index contributed by atoms with van der Waals surface area (Å²) < 4.78 is 12.9. The second kappa shape index (κ2) is 7.41. The van der Waals surface area contributed by atoms with Crippen LogP contribution in [0, 0.1) is 11.2 Å². The predicted molar refractivity (Wildman–Crippen MR) is 81.7 cm³/mol. The fraction of sp³-hybridized carbons (Fsp3) is 0.467. The minimum absolute atomic E-state index is 0.0514. The van der Waals surface area contributed by atoms with E-state index in [2.05, 4.69) is 10.6 Å². The Labute approximate surface area is 129 Å². The number of hydrogen-bond donors (Lipinski definition) is 2. The van der Waals surface area contributed by atoms with E-state index in [1.807, 2.05) is 20.8 Å². The van der Waals surface area contributed by atoms with E-state index >= 15 is 0 Å². The molecule has 0 aliphatic rings. The van der Waals surface area contributed by atoms with Crippen LogP contribution < -0.4 is 10.6 Å². The number of nitrogens with one attached hydrogen (secondary N) is 2. The molecule has 0 aromatic heterocycles. The summed E-state index contributed by atoms with van der Waals surface area (Å²) in [4.78, 5) is 23.3. The molecule has 116 valence electrons. The van der Waals surface area contributed by atoms with Crippen LogP contribution in [0.4, 0.5) is 10.1 Å². The molecule has 0 atom stereocenters. The molecule has 0 heterocycles. The molecule has 21 heavy (non-hydrogen) atoms. The van der Waals surface area contributed by atoms with E-state index in [0.29, 0.717) is 18.7 Å². The molecule has 2 N–H and O–H groups in total. The lowest BCUT2D eigenvalue weighted by atomic mass is 9.96. The van der Waals surface area contributed by atoms with Crippen molar-refractivity contribution in [1.82, 2.24) is 5.32 Å². The maximum absolute atomic E-state index is 12.9. The van der Waals surface area contributed by atoms with Crippen molar-refractivity contribution in [2.24, 2.45) is 5.41 Å². The van der Waals surface area contributed by atoms with Crippen LogP contribution in [0.15, 0.2) is 18.2 Å². The van der Waals surface area contributed by atoms with Crippen molar-refractivity contribution < 1.29 is 14.0 Å². The zero-order valence-electron chi connectivity index (χ0n) is 12.4. The summed E-state index contributed by atoms with van der Waals surface area (Å²) in [5.41, 5.74) is -0.0639. The summed E-state index contributed by atoms with van der Waals surface area (Å²) in [5.74, 6) is -0.735. The van der Waals surface area contributed by atoms with E-state index in [9.17, 15) is 14.0 Å². The van der Waals surface area contributed by atoms with Crippen molar-refractivity contribution in [2.45, 2.75) is 33.6 Å². The highest BCUT2D eigenvalue weighted by atomic mass is 35.5. The zero-order chi connectivity index (χ0) is 16.0. The SMILES string of the molecule is CC(C)(C)C(=O)NCCCC(=O)Nc1ccc(F)cc1Cl. The highest BCUT2D eigenvalue weighted by Crippen LogP contribution is 2.22. The third-order valence-corrected chi connectivity index (χ3v) is 3.07. The number of rotatable bonds is 5. The molecule has 6 heteroatoms. The smallest absolute Gasteiger partial charge is 0.225 e. The first-order chi connectivity index (χ1) is 9.70. The maximum Gasteiger partial charge on any atom is 0.225 e. The number of carbonyl (C=O) groups excluding carboxylic acids is 2. The van der Waals surface area contributed by atoms with Gasteiger partial charge in [-0.3, -0.25) is 9.59 Å². The van der Waals surface area contributed by atoms with Crippen LogP contribution in [0.25, 0.3) is 0 Å². The summed E-state index contributed by atoms with van der Waals surface area (Å²) in [6.45, 7) is 5.91. The summed E-state index contributed by atoms with van der Waals surface area (Å²) in [6.07, 6.45) is 0.768. The van der Waals surface area contributed by atoms with Gasteiger partial charge in [-0.05, 0) is 24.6 Å². The zero-order valence-corrected chi connectivity index (χ0v) is 13.2. The van der Waals surface area contributed by atoms with Crippen molar-refractivity contribution in [3.05, 3.63) is 29.0 Å². The molecular formula is C15H20ClFN2O2. The monoisotopic (exact) mass is 314 g/mol. The van der Waals surface area contributed by atoms with Gasteiger partial charge in [0.25, 0.3) is 0 Å². The number of hydrogen-bond acceptors (Lipinski definition) is 2. The van der Waals surface area contributed by atoms with Gasteiger partial charge in [-0.1, -0.05) is 32.4 Å². The van der Waals surface area contributed by atoms with Gasteiger partial charge in [-0.25, -0.2) is 4.39 Å². The summed E-state index contributed by atoms with van der Waals surface area (Å²) in [7, 11) is 0. The molecule has 2 amide bonds. The van der Waals surface area contributed by atoms with Gasteiger partial charge >= 0.3 is 0 Å². The van der Waals surface area contributed by atoms with Crippen molar-refractivity contribution >= 4 is 29.1 Å². The third kappa shape index (κ3) is 6.12. The molecule has 0 radical (unpaired) electrons. The van der Waals surface area contributed by atoms with Gasteiger partial charge in [0.1, 0.15) is 5.82 Å². The largest absolute Gasteiger partial charge is 0.356 e. The Bertz CT molecular complexity index is 527. The van der Waals surface area contributed by atoms with E-state index < -0.39 is 11.2 Å². The predicted octanol–water partition coefficient (Wildman–Crippen LogP) is 3.36. The highest BCUT2D eigenvalue weighted by Gasteiger charge is 2.20. The van der Waals surface area contributed by atoms with Gasteiger partial charge in [0.05, 0.1) is 10.7 Å². The van der Waals surface area contributed by atoms with Gasteiger partial charge in [-0.2, -0.15) is 0 Å². The molecule has 0 fully saturated rings. The van der Waals surface area contributed by atoms with Crippen LogP contribution in [0.5, 0.6) is 0 Å². The summed E-state index contributed by atoms with van der Waals surface area (Å²) in [5, 5.41) is 5.53. The Morgan fingerprint density at radius 2 is 1.95 bits per heavy atom. The molecule has 1 aromatic rings. The molecule has 0 aliphatic carbocycles. The topological polar surface area (TPSA) is 58.2 Å². The first-order valence-electron chi connectivity index (χ1n) is 6.73. The van der Waals surface area contributed by atoms with Crippen LogP contribution in [-0.2, 0) is 9.59 Å². The Hall–Kier alpha value is -1.62. The van der Waals surface area contributed by atoms with Gasteiger partial charge in [0, 0.05) is 18.4 Å². The second-order valence-electron chi connectivity index (χ2n) is 5.78. The lowest BCUT2D eigenvalue weighted by molar-refractivity contribution is -0.128. The van der Waals surface area contributed by atoms with Crippen LogP contribution >= 0.6 is 11.6 Å². The van der Waals surface area contributed by atoms with Crippen molar-refractivity contribution in [3.63, 3.8) is 0 Å². The van der Waals surface area contributed by atoms with Gasteiger partial charge in [0.2, 0.25) is 11.8 Å². The number of benzene rings is 1. The average Bonchev–Trinajstić information content (AvgIpc) is 2.36. The number of anilines is 1. The first kappa shape index (κ1) is 17.4. The normalized spacial score (nSPS) is 11.1. The summed E-state index contributed by atoms with van der Waals surface area (Å²) in [6, 6.07) is 3.78. The Morgan fingerprint density at radius 1 is 1.29 bits per heavy atom. The standard InChI is InChI=1S/C15H20ClFN2O2/c1-15(2,3)14(21)18-8-4-5-13(20)19-12-7-6-10(17)9-11(12)16/h6-7,9H,4-5,8H2,1-3H3,(H,18,21)(H,19,20). The number of amides is 2. The Morgan fingerprint density at radius 3 is 2.52 bits per heavy atom. The van der Waals surface area contributed by atoms with Crippen LogP contribution in [0.2, 0.25) is 5.02 Å². The van der Waals surface area contributed by atoms with E-state index in [1.54, 1.807) is 0 Å². The first-order valence-corrected chi connectivity index (χ1v) is 7.11. The third-order valence-electron chi connectivity index (χ3n) is 2.75. The lowest BCUT2D eigenvalue weighted by Crippen LogP contribution is -2.35. The fourth-order valence-corrected chi connectivity index (χ4v) is 1.73. The van der Waals surface area contributed by atoms with E-state index in [4.69, 9.17) is 11.6 Å². The molecule has 0 bridgehead atoms. The number of carbonyl (C=O) groups is 2. The molecule has 1 rings (SSSR count). The summed E-state index contributed by atoms with van der Waals surface area (Å²) >= 11 is 5.81. The molecular weight excluding hydrogens is 295 g/mol. The van der Waals surface area contributed by atoms with Crippen LogP contribution in [0.3, 0.4) is 0 Å². The second-order valence-corrected chi connectivity index (χ2v) is 6.19. The molecule has 0 unspecified atom stereocenters. The van der Waals surface area contributed by atoms with E-state index in [0.717, 1.165) is 6.07 Å². The van der Waals surface area contributed by atoms with Crippen LogP contribution in [0.1, 0.15) is 33.6 Å². The Kier molecular flexibility index (Phi) is 6.15. The molecule has 0 spiro atoms. The minimum atomic E-state index is -0.456. The minimum Gasteiger partial charge on any atom is -0.356 e. The maximum atomic E-state index is 12.9. The van der Waals surface area contributed by atoms with Crippen LogP contribution in [-0.4, -0.2) is 18.4 Å². The van der Waals surface area contributed by atoms with Crippen molar-refractivity contribution in [1.29, 1.82) is 0 Å². The Balaban J connectivity index is 2.33. The van der Waals surface area contributed by atoms with Gasteiger partial charge < -0.3 is 10.6 Å². The fourth-order valence-electron chi connectivity index (χ4n) is 1.52. The molecule has 0 aliphatic heterocycles. The van der Waals surface area contributed by atoms with Gasteiger partial charge in [0.15, 0.2) is 0 Å². The van der Waals surface area contributed by atoms with Crippen molar-refractivity contribution in [2.75, 3.05) is 11.9 Å². The van der Waals surface area contributed by atoms with Crippen molar-refractivity contribution in [3.8, 4) is 0 Å². The lowest BCUT2D eigenvalue weighted by Gasteiger charge is -2.17. The molecule has 1 aromatic carbocycles. The quantitative estimate of drug-likeness (QED) is 0.819. The van der Waals surface area contributed by atoms with E-state index in [-0.39, 0.29) is 23.3 Å². The average molecular weight is 315 g/mol. The van der Waals surface area contributed by atoms with E-state index in [1.165, 1.54) is 12.1 Å². The highest BCUT2D eigenvalue weighted by molar-refractivity contribution is 6.33. The molecule has 4 nitrogen and oxygen atoms in total. The number of halogens is 2. The van der Waals surface area contributed by atoms with Gasteiger partial charge in [-0.15, -0.1) is 0 Å².